The summed E-state index contributed by atoms with van der Waals surface area (Å²) in [7, 11) is 0. The highest BCUT2D eigenvalue weighted by atomic mass is 16.5. The minimum Gasteiger partial charge on any atom is -0.486 e. The Hall–Kier alpha value is -2.49. The van der Waals surface area contributed by atoms with Crippen molar-refractivity contribution in [2.45, 2.75) is 13.5 Å². The average molecular weight is 257 g/mol. The Morgan fingerprint density at radius 1 is 1.42 bits per heavy atom. The number of carbonyl (C=O) groups is 1. The van der Waals surface area contributed by atoms with E-state index < -0.39 is 0 Å². The van der Waals surface area contributed by atoms with Gasteiger partial charge < -0.3 is 14.5 Å². The van der Waals surface area contributed by atoms with E-state index in [1.165, 1.54) is 6.08 Å². The van der Waals surface area contributed by atoms with Gasteiger partial charge in [0, 0.05) is 11.8 Å². The molecule has 1 heterocycles. The van der Waals surface area contributed by atoms with E-state index in [2.05, 4.69) is 11.9 Å². The largest absolute Gasteiger partial charge is 0.486 e. The molecule has 1 aromatic carbocycles. The van der Waals surface area contributed by atoms with Crippen molar-refractivity contribution in [2.75, 3.05) is 5.32 Å². The summed E-state index contributed by atoms with van der Waals surface area (Å²) in [5.74, 6) is 2.03. The third-order valence-electron chi connectivity index (χ3n) is 2.46. The van der Waals surface area contributed by atoms with Gasteiger partial charge >= 0.3 is 0 Å². The van der Waals surface area contributed by atoms with Crippen LogP contribution in [0.1, 0.15) is 11.5 Å². The minimum absolute atomic E-state index is 0.251. The van der Waals surface area contributed by atoms with Gasteiger partial charge in [0.25, 0.3) is 0 Å². The maximum atomic E-state index is 11.2. The summed E-state index contributed by atoms with van der Waals surface area (Å²) in [6.45, 7) is 5.64. The topological polar surface area (TPSA) is 51.5 Å². The van der Waals surface area contributed by atoms with E-state index >= 15 is 0 Å². The van der Waals surface area contributed by atoms with Crippen LogP contribution in [0.3, 0.4) is 0 Å². The number of ether oxygens (including phenoxy) is 1. The summed E-state index contributed by atoms with van der Waals surface area (Å²) in [5.41, 5.74) is 0.665. The molecule has 19 heavy (non-hydrogen) atoms. The Morgan fingerprint density at radius 2 is 2.26 bits per heavy atom. The molecule has 0 radical (unpaired) electrons. The second-order valence-corrected chi connectivity index (χ2v) is 4.02. The van der Waals surface area contributed by atoms with Crippen LogP contribution in [0.5, 0.6) is 5.75 Å². The fraction of sp³-hybridized carbons (Fsp3) is 0.133. The predicted octanol–water partition coefficient (Wildman–Crippen LogP) is 3.29. The van der Waals surface area contributed by atoms with Gasteiger partial charge in [0.15, 0.2) is 0 Å². The van der Waals surface area contributed by atoms with E-state index in [1.807, 2.05) is 25.1 Å². The first-order valence-electron chi connectivity index (χ1n) is 5.89. The SMILES string of the molecule is C=CC(=O)Nc1cccc(OCc2ccc(C)o2)c1. The number of hydrogen-bond acceptors (Lipinski definition) is 3. The molecular formula is C15H15NO3. The first kappa shape index (κ1) is 13.0. The zero-order valence-corrected chi connectivity index (χ0v) is 10.7. The number of aryl methyl sites for hydroxylation is 1. The lowest BCUT2D eigenvalue weighted by Gasteiger charge is -2.07. The molecule has 1 N–H and O–H groups in total. The molecule has 98 valence electrons. The lowest BCUT2D eigenvalue weighted by molar-refractivity contribution is -0.111. The van der Waals surface area contributed by atoms with Crippen LogP contribution >= 0.6 is 0 Å². The quantitative estimate of drug-likeness (QED) is 0.836. The second kappa shape index (κ2) is 5.91. The van der Waals surface area contributed by atoms with Gasteiger partial charge in [-0.05, 0) is 37.3 Å². The number of hydrogen-bond donors (Lipinski definition) is 1. The maximum absolute atomic E-state index is 11.2. The highest BCUT2D eigenvalue weighted by molar-refractivity contribution is 5.98. The number of furan rings is 1. The normalized spacial score (nSPS) is 9.95. The first-order valence-corrected chi connectivity index (χ1v) is 5.89. The fourth-order valence-electron chi connectivity index (χ4n) is 1.57. The molecule has 0 spiro atoms. The number of rotatable bonds is 5. The average Bonchev–Trinajstić information content (AvgIpc) is 2.82. The van der Waals surface area contributed by atoms with E-state index in [-0.39, 0.29) is 5.91 Å². The summed E-state index contributed by atoms with van der Waals surface area (Å²) in [6.07, 6.45) is 1.22. The third-order valence-corrected chi connectivity index (χ3v) is 2.46. The van der Waals surface area contributed by atoms with Gasteiger partial charge in [0.05, 0.1) is 0 Å². The number of anilines is 1. The molecule has 1 amide bonds. The van der Waals surface area contributed by atoms with Crippen LogP contribution in [0, 0.1) is 6.92 Å². The second-order valence-electron chi connectivity index (χ2n) is 4.02. The Balaban J connectivity index is 1.98. The number of amides is 1. The summed E-state index contributed by atoms with van der Waals surface area (Å²) < 4.78 is 11.0. The van der Waals surface area contributed by atoms with Gasteiger partial charge in [-0.3, -0.25) is 4.79 Å². The predicted molar refractivity (Wildman–Crippen MR) is 73.0 cm³/mol. The summed E-state index contributed by atoms with van der Waals surface area (Å²) in [5, 5.41) is 2.67. The lowest BCUT2D eigenvalue weighted by Crippen LogP contribution is -2.07. The molecule has 2 aromatic rings. The van der Waals surface area contributed by atoms with Crippen LogP contribution in [0.2, 0.25) is 0 Å². The lowest BCUT2D eigenvalue weighted by atomic mass is 10.3. The molecule has 0 aliphatic carbocycles. The molecule has 2 rings (SSSR count). The molecule has 0 aliphatic heterocycles. The standard InChI is InChI=1S/C15H15NO3/c1-3-15(17)16-12-5-4-6-13(9-12)18-10-14-8-7-11(2)19-14/h3-9H,1,10H2,2H3,(H,16,17). The zero-order valence-electron chi connectivity index (χ0n) is 10.7. The van der Waals surface area contributed by atoms with Crippen molar-refractivity contribution in [1.82, 2.24) is 0 Å². The molecule has 0 saturated carbocycles. The molecule has 0 fully saturated rings. The van der Waals surface area contributed by atoms with Crippen LogP contribution in [-0.2, 0) is 11.4 Å². The van der Waals surface area contributed by atoms with E-state index in [0.717, 1.165) is 11.5 Å². The summed E-state index contributed by atoms with van der Waals surface area (Å²) in [4.78, 5) is 11.2. The fourth-order valence-corrected chi connectivity index (χ4v) is 1.57. The smallest absolute Gasteiger partial charge is 0.247 e. The molecule has 0 saturated heterocycles. The Bertz CT molecular complexity index is 587. The van der Waals surface area contributed by atoms with Gasteiger partial charge in [-0.2, -0.15) is 0 Å². The van der Waals surface area contributed by atoms with Crippen molar-refractivity contribution in [3.05, 3.63) is 60.6 Å². The monoisotopic (exact) mass is 257 g/mol. The number of carbonyl (C=O) groups excluding carboxylic acids is 1. The van der Waals surface area contributed by atoms with Crippen molar-refractivity contribution < 1.29 is 13.9 Å². The third kappa shape index (κ3) is 3.74. The van der Waals surface area contributed by atoms with Gasteiger partial charge in [-0.15, -0.1) is 0 Å². The number of nitrogens with one attached hydrogen (secondary N) is 1. The van der Waals surface area contributed by atoms with Crippen LogP contribution < -0.4 is 10.1 Å². The Morgan fingerprint density at radius 3 is 2.95 bits per heavy atom. The molecule has 4 heteroatoms. The Kier molecular flexibility index (Phi) is 4.03. The highest BCUT2D eigenvalue weighted by Gasteiger charge is 2.02. The molecule has 0 bridgehead atoms. The van der Waals surface area contributed by atoms with E-state index in [0.29, 0.717) is 18.0 Å². The van der Waals surface area contributed by atoms with Gasteiger partial charge in [0.2, 0.25) is 5.91 Å². The van der Waals surface area contributed by atoms with Crippen LogP contribution in [0.25, 0.3) is 0 Å². The number of benzene rings is 1. The van der Waals surface area contributed by atoms with Crippen LogP contribution in [-0.4, -0.2) is 5.91 Å². The maximum Gasteiger partial charge on any atom is 0.247 e. The van der Waals surface area contributed by atoms with E-state index in [9.17, 15) is 4.79 Å². The van der Waals surface area contributed by atoms with Crippen molar-refractivity contribution >= 4 is 11.6 Å². The Labute approximate surface area is 111 Å². The zero-order chi connectivity index (χ0) is 13.7. The van der Waals surface area contributed by atoms with E-state index in [1.54, 1.807) is 18.2 Å². The van der Waals surface area contributed by atoms with Crippen molar-refractivity contribution in [1.29, 1.82) is 0 Å². The molecule has 0 aliphatic rings. The molecule has 0 atom stereocenters. The first-order chi connectivity index (χ1) is 9.17. The van der Waals surface area contributed by atoms with Crippen LogP contribution in [0.15, 0.2) is 53.5 Å². The van der Waals surface area contributed by atoms with Crippen molar-refractivity contribution in [3.8, 4) is 5.75 Å². The summed E-state index contributed by atoms with van der Waals surface area (Å²) in [6, 6.07) is 10.9. The molecule has 0 unspecified atom stereocenters. The van der Waals surface area contributed by atoms with Crippen molar-refractivity contribution in [3.63, 3.8) is 0 Å². The van der Waals surface area contributed by atoms with Crippen molar-refractivity contribution in [2.24, 2.45) is 0 Å². The molecular weight excluding hydrogens is 242 g/mol. The van der Waals surface area contributed by atoms with E-state index in [4.69, 9.17) is 9.15 Å². The van der Waals surface area contributed by atoms with Crippen LogP contribution in [0.4, 0.5) is 5.69 Å². The summed E-state index contributed by atoms with van der Waals surface area (Å²) >= 11 is 0. The minimum atomic E-state index is -0.251. The van der Waals surface area contributed by atoms with Gasteiger partial charge in [0.1, 0.15) is 23.9 Å². The highest BCUT2D eigenvalue weighted by Crippen LogP contribution is 2.19. The van der Waals surface area contributed by atoms with Gasteiger partial charge in [-0.1, -0.05) is 12.6 Å². The molecule has 1 aromatic heterocycles. The van der Waals surface area contributed by atoms with Gasteiger partial charge in [-0.25, -0.2) is 0 Å². The molecule has 4 nitrogen and oxygen atoms in total.